The molecule has 0 saturated heterocycles. The summed E-state index contributed by atoms with van der Waals surface area (Å²) in [5.41, 5.74) is 0.655. The van der Waals surface area contributed by atoms with E-state index in [1.807, 2.05) is 0 Å². The van der Waals surface area contributed by atoms with E-state index >= 15 is 0 Å². The van der Waals surface area contributed by atoms with Crippen molar-refractivity contribution in [1.82, 2.24) is 0 Å². The molecule has 88 valence electrons. The Labute approximate surface area is 103 Å². The number of hydrogen-bond donors (Lipinski definition) is 0. The summed E-state index contributed by atoms with van der Waals surface area (Å²) in [6.45, 7) is 7.44. The summed E-state index contributed by atoms with van der Waals surface area (Å²) >= 11 is 3.81. The third kappa shape index (κ3) is 2.43. The van der Waals surface area contributed by atoms with E-state index in [4.69, 9.17) is 0 Å². The largest absolute Gasteiger partial charge is 0.0890 e. The summed E-state index contributed by atoms with van der Waals surface area (Å²) in [4.78, 5) is 0.803. The zero-order chi connectivity index (χ0) is 11.1. The van der Waals surface area contributed by atoms with E-state index in [9.17, 15) is 0 Å². The van der Waals surface area contributed by atoms with Crippen LogP contribution >= 0.6 is 15.9 Å². The highest BCUT2D eigenvalue weighted by atomic mass is 79.9. The Morgan fingerprint density at radius 1 is 1.07 bits per heavy atom. The first-order valence-electron chi connectivity index (χ1n) is 6.65. The molecule has 0 aromatic carbocycles. The maximum atomic E-state index is 3.81. The first kappa shape index (κ1) is 12.0. The van der Waals surface area contributed by atoms with Crippen LogP contribution in [0.15, 0.2) is 0 Å². The summed E-state index contributed by atoms with van der Waals surface area (Å²) < 4.78 is 0. The molecular formula is C14H25Br. The molecule has 2 aliphatic rings. The Hall–Kier alpha value is 0.480. The van der Waals surface area contributed by atoms with Crippen LogP contribution in [0.3, 0.4) is 0 Å². The second-order valence-corrected chi connectivity index (χ2v) is 7.75. The molecule has 0 heterocycles. The average molecular weight is 273 g/mol. The normalized spacial score (nSPS) is 52.0. The van der Waals surface area contributed by atoms with Crippen LogP contribution in [0.25, 0.3) is 0 Å². The minimum Gasteiger partial charge on any atom is -0.0890 e. The minimum atomic E-state index is 0.655. The molecular weight excluding hydrogens is 248 g/mol. The fourth-order valence-corrected chi connectivity index (χ4v) is 4.72. The molecule has 2 aliphatic carbocycles. The summed E-state index contributed by atoms with van der Waals surface area (Å²) in [5.74, 6) is 2.92. The van der Waals surface area contributed by atoms with Crippen molar-refractivity contribution < 1.29 is 0 Å². The van der Waals surface area contributed by atoms with Gasteiger partial charge in [-0.15, -0.1) is 0 Å². The van der Waals surface area contributed by atoms with Gasteiger partial charge in [0.15, 0.2) is 0 Å². The summed E-state index contributed by atoms with van der Waals surface area (Å²) in [7, 11) is 0. The van der Waals surface area contributed by atoms with Crippen LogP contribution in [0.2, 0.25) is 0 Å². The molecule has 2 saturated carbocycles. The van der Waals surface area contributed by atoms with Crippen molar-refractivity contribution in [2.24, 2.45) is 23.2 Å². The maximum absolute atomic E-state index is 3.81. The molecule has 0 aromatic rings. The van der Waals surface area contributed by atoms with Crippen molar-refractivity contribution in [3.8, 4) is 0 Å². The third-order valence-corrected chi connectivity index (χ3v) is 6.08. The molecule has 2 rings (SSSR count). The van der Waals surface area contributed by atoms with Gasteiger partial charge in [-0.05, 0) is 55.3 Å². The predicted molar refractivity (Wildman–Crippen MR) is 70.3 cm³/mol. The van der Waals surface area contributed by atoms with Crippen LogP contribution in [0.5, 0.6) is 0 Å². The predicted octanol–water partition coefficient (Wildman–Crippen LogP) is 5.01. The zero-order valence-electron chi connectivity index (χ0n) is 10.4. The Kier molecular flexibility index (Phi) is 3.50. The topological polar surface area (TPSA) is 0 Å². The van der Waals surface area contributed by atoms with Gasteiger partial charge >= 0.3 is 0 Å². The Bertz CT molecular complexity index is 225. The van der Waals surface area contributed by atoms with E-state index in [1.54, 1.807) is 0 Å². The Morgan fingerprint density at radius 2 is 1.80 bits per heavy atom. The van der Waals surface area contributed by atoms with Crippen LogP contribution in [0, 0.1) is 23.2 Å². The average Bonchev–Trinajstić information content (AvgIpc) is 2.52. The van der Waals surface area contributed by atoms with Gasteiger partial charge in [0.2, 0.25) is 0 Å². The van der Waals surface area contributed by atoms with Crippen LogP contribution in [-0.2, 0) is 0 Å². The van der Waals surface area contributed by atoms with Crippen molar-refractivity contribution in [3.05, 3.63) is 0 Å². The number of rotatable bonds is 1. The lowest BCUT2D eigenvalue weighted by Gasteiger charge is -2.41. The van der Waals surface area contributed by atoms with Crippen molar-refractivity contribution in [2.75, 3.05) is 0 Å². The van der Waals surface area contributed by atoms with Gasteiger partial charge in [0, 0.05) is 4.83 Å². The number of alkyl halides is 1. The minimum absolute atomic E-state index is 0.655. The summed E-state index contributed by atoms with van der Waals surface area (Å²) in [6, 6.07) is 0. The van der Waals surface area contributed by atoms with E-state index in [2.05, 4.69) is 36.7 Å². The molecule has 0 N–H and O–H groups in total. The Morgan fingerprint density at radius 3 is 2.33 bits per heavy atom. The van der Waals surface area contributed by atoms with Crippen molar-refractivity contribution >= 4 is 15.9 Å². The number of hydrogen-bond acceptors (Lipinski definition) is 0. The van der Waals surface area contributed by atoms with Gasteiger partial charge in [0.25, 0.3) is 0 Å². The molecule has 15 heavy (non-hydrogen) atoms. The molecule has 0 aliphatic heterocycles. The fraction of sp³-hybridized carbons (Fsp3) is 1.00. The lowest BCUT2D eigenvalue weighted by atomic mass is 9.64. The molecule has 0 nitrogen and oxygen atoms in total. The quantitative estimate of drug-likeness (QED) is 0.589. The van der Waals surface area contributed by atoms with Gasteiger partial charge in [-0.2, -0.15) is 0 Å². The fourth-order valence-electron chi connectivity index (χ4n) is 3.75. The highest BCUT2D eigenvalue weighted by Gasteiger charge is 2.42. The molecule has 1 heteroatoms. The molecule has 0 radical (unpaired) electrons. The maximum Gasteiger partial charge on any atom is 0.0151 e. The van der Waals surface area contributed by atoms with Crippen LogP contribution in [0.1, 0.15) is 59.3 Å². The van der Waals surface area contributed by atoms with E-state index in [0.29, 0.717) is 5.41 Å². The second kappa shape index (κ2) is 4.39. The zero-order valence-corrected chi connectivity index (χ0v) is 12.0. The van der Waals surface area contributed by atoms with E-state index in [1.165, 1.54) is 38.5 Å². The SMILES string of the molecule is CC1CCC(C2(C)CCC(Br)C2)CC1C. The molecule has 2 fully saturated rings. The lowest BCUT2D eigenvalue weighted by molar-refractivity contribution is 0.0915. The lowest BCUT2D eigenvalue weighted by Crippen LogP contribution is -2.32. The molecule has 0 bridgehead atoms. The van der Waals surface area contributed by atoms with E-state index in [-0.39, 0.29) is 0 Å². The van der Waals surface area contributed by atoms with E-state index in [0.717, 1.165) is 22.6 Å². The summed E-state index contributed by atoms with van der Waals surface area (Å²) in [5, 5.41) is 0. The second-order valence-electron chi connectivity index (χ2n) is 6.46. The highest BCUT2D eigenvalue weighted by Crippen LogP contribution is 2.52. The van der Waals surface area contributed by atoms with Crippen LogP contribution in [-0.4, -0.2) is 4.83 Å². The standard InChI is InChI=1S/C14H25Br/c1-10-4-5-12(8-11(10)2)14(3)7-6-13(15)9-14/h10-13H,4-9H2,1-3H3. The molecule has 5 unspecified atom stereocenters. The van der Waals surface area contributed by atoms with Gasteiger partial charge in [0.1, 0.15) is 0 Å². The smallest absolute Gasteiger partial charge is 0.0151 e. The third-order valence-electron chi connectivity index (χ3n) is 5.30. The van der Waals surface area contributed by atoms with E-state index < -0.39 is 0 Å². The first-order chi connectivity index (χ1) is 7.01. The first-order valence-corrected chi connectivity index (χ1v) is 7.57. The molecule has 0 aromatic heterocycles. The number of halogens is 1. The molecule has 0 amide bonds. The van der Waals surface area contributed by atoms with Crippen molar-refractivity contribution in [3.63, 3.8) is 0 Å². The van der Waals surface area contributed by atoms with Gasteiger partial charge in [-0.1, -0.05) is 43.1 Å². The van der Waals surface area contributed by atoms with Gasteiger partial charge in [-0.25, -0.2) is 0 Å². The Balaban J connectivity index is 1.99. The molecule has 0 spiro atoms. The molecule has 5 atom stereocenters. The van der Waals surface area contributed by atoms with Gasteiger partial charge < -0.3 is 0 Å². The van der Waals surface area contributed by atoms with Crippen molar-refractivity contribution in [2.45, 2.75) is 64.1 Å². The van der Waals surface area contributed by atoms with Crippen molar-refractivity contribution in [1.29, 1.82) is 0 Å². The highest BCUT2D eigenvalue weighted by molar-refractivity contribution is 9.09. The van der Waals surface area contributed by atoms with Gasteiger partial charge in [0.05, 0.1) is 0 Å². The van der Waals surface area contributed by atoms with Gasteiger partial charge in [-0.3, -0.25) is 0 Å². The van der Waals surface area contributed by atoms with Crippen LogP contribution in [0.4, 0.5) is 0 Å². The monoisotopic (exact) mass is 272 g/mol. The summed E-state index contributed by atoms with van der Waals surface area (Å²) in [6.07, 6.45) is 8.71. The van der Waals surface area contributed by atoms with Crippen LogP contribution < -0.4 is 0 Å².